The second-order valence-corrected chi connectivity index (χ2v) is 27.3. The van der Waals surface area contributed by atoms with Crippen molar-refractivity contribution < 1.29 is 0 Å². The maximum Gasteiger partial charge on any atom is 0.0715 e. The SMILES string of the molecule is CC(C)(C)c1ccc(N(c2ccc(C(C)(C)C)cc2)c2ccc3c(c2)C(c2ccccc2)(c2ccccc2)c2cc(N(c4ccc(C(C)(C)C)cc4)c4ccc(C(C)(C)C)cc4)c4sc5cc(-c6ccccc6)ccc5c4c2-3)cc1. The highest BCUT2D eigenvalue weighted by Gasteiger charge is 2.48. The van der Waals surface area contributed by atoms with Gasteiger partial charge in [-0.25, -0.2) is 0 Å². The van der Waals surface area contributed by atoms with Gasteiger partial charge in [0.1, 0.15) is 0 Å². The Morgan fingerprint density at radius 3 is 1.16 bits per heavy atom. The fourth-order valence-corrected chi connectivity index (χ4v) is 13.6. The zero-order chi connectivity index (χ0) is 55.9. The number of fused-ring (bicyclic) bond motifs is 7. The standard InChI is InChI=1S/C77H74N2S/c1-73(2,3)53-29-37-59(38-30-53)78(60-39-31-54(32-40-60)74(4,5)6)63-45-47-64-66(49-63)77(57-24-18-14-19-25-57,58-26-20-15-21-27-58)67-50-68(72-71(70(64)67)65-46-28-52(48-69(65)80-72)51-22-16-13-17-23-51)79(61-41-33-55(34-42-61)75(7,8)9)62-43-35-56(36-44-62)76(10,11)12/h13-50H,1-12H3. The zero-order valence-corrected chi connectivity index (χ0v) is 49.6. The van der Waals surface area contributed by atoms with Crippen LogP contribution in [-0.4, -0.2) is 0 Å². The van der Waals surface area contributed by atoms with Gasteiger partial charge >= 0.3 is 0 Å². The van der Waals surface area contributed by atoms with Crippen LogP contribution in [0.3, 0.4) is 0 Å². The monoisotopic (exact) mass is 1060 g/mol. The molecule has 0 N–H and O–H groups in total. The summed E-state index contributed by atoms with van der Waals surface area (Å²) in [6.07, 6.45) is 0. The van der Waals surface area contributed by atoms with E-state index in [0.29, 0.717) is 0 Å². The van der Waals surface area contributed by atoms with Crippen LogP contribution in [0.5, 0.6) is 0 Å². The first-order valence-electron chi connectivity index (χ1n) is 28.6. The maximum absolute atomic E-state index is 2.59. The van der Waals surface area contributed by atoms with Crippen LogP contribution >= 0.6 is 11.3 Å². The molecule has 1 aliphatic rings. The molecule has 0 bridgehead atoms. The largest absolute Gasteiger partial charge is 0.310 e. The van der Waals surface area contributed by atoms with Gasteiger partial charge in [-0.2, -0.15) is 0 Å². The lowest BCUT2D eigenvalue weighted by Crippen LogP contribution is -2.29. The molecular formula is C77H74N2S. The summed E-state index contributed by atoms with van der Waals surface area (Å²) in [6.45, 7) is 27.6. The molecule has 80 heavy (non-hydrogen) atoms. The topological polar surface area (TPSA) is 6.48 Å². The highest BCUT2D eigenvalue weighted by atomic mass is 32.1. The summed E-state index contributed by atoms with van der Waals surface area (Å²) in [6, 6.07) is 87.9. The van der Waals surface area contributed by atoms with E-state index in [2.05, 4.69) is 323 Å². The van der Waals surface area contributed by atoms with Gasteiger partial charge in [0.2, 0.25) is 0 Å². The van der Waals surface area contributed by atoms with Gasteiger partial charge in [0.25, 0.3) is 0 Å². The molecule has 12 rings (SSSR count). The van der Waals surface area contributed by atoms with Crippen LogP contribution in [0.4, 0.5) is 34.1 Å². The van der Waals surface area contributed by atoms with E-state index in [0.717, 1.165) is 34.1 Å². The van der Waals surface area contributed by atoms with Crippen molar-refractivity contribution in [2.75, 3.05) is 9.80 Å². The van der Waals surface area contributed by atoms with Crippen LogP contribution in [0, 0.1) is 0 Å². The molecule has 11 aromatic rings. The summed E-state index contributed by atoms with van der Waals surface area (Å²) in [7, 11) is 0. The van der Waals surface area contributed by atoms with E-state index >= 15 is 0 Å². The van der Waals surface area contributed by atoms with Crippen LogP contribution in [-0.2, 0) is 27.1 Å². The van der Waals surface area contributed by atoms with Gasteiger partial charge in [0.05, 0.1) is 15.8 Å². The van der Waals surface area contributed by atoms with Gasteiger partial charge in [-0.15, -0.1) is 11.3 Å². The number of hydrogen-bond donors (Lipinski definition) is 0. The minimum absolute atomic E-state index is 0.00255. The molecule has 0 radical (unpaired) electrons. The average molecular weight is 1060 g/mol. The van der Waals surface area contributed by atoms with Crippen molar-refractivity contribution in [1.29, 1.82) is 0 Å². The van der Waals surface area contributed by atoms with Crippen LogP contribution in [0.25, 0.3) is 42.4 Å². The molecule has 0 spiro atoms. The van der Waals surface area contributed by atoms with Gasteiger partial charge in [-0.05, 0) is 161 Å². The Bertz CT molecular complexity index is 3880. The summed E-state index contributed by atoms with van der Waals surface area (Å²) in [5.41, 5.74) is 21.3. The number of thiophene rings is 1. The van der Waals surface area contributed by atoms with E-state index in [4.69, 9.17) is 0 Å². The van der Waals surface area contributed by atoms with E-state index < -0.39 is 5.41 Å². The summed E-state index contributed by atoms with van der Waals surface area (Å²) >= 11 is 1.92. The molecular weight excluding hydrogens is 985 g/mol. The lowest BCUT2D eigenvalue weighted by molar-refractivity contribution is 0.590. The molecule has 1 aromatic heterocycles. The van der Waals surface area contributed by atoms with E-state index in [1.807, 2.05) is 11.3 Å². The van der Waals surface area contributed by atoms with Crippen molar-refractivity contribution in [3.63, 3.8) is 0 Å². The summed E-state index contributed by atoms with van der Waals surface area (Å²) in [4.78, 5) is 5.02. The second-order valence-electron chi connectivity index (χ2n) is 26.3. The van der Waals surface area contributed by atoms with E-state index in [1.165, 1.54) is 86.9 Å². The summed E-state index contributed by atoms with van der Waals surface area (Å²) < 4.78 is 2.52. The van der Waals surface area contributed by atoms with Gasteiger partial charge in [-0.3, -0.25) is 0 Å². The van der Waals surface area contributed by atoms with E-state index in [1.54, 1.807) is 0 Å². The number of anilines is 6. The maximum atomic E-state index is 2.59. The Kier molecular flexibility index (Phi) is 13.0. The number of benzene rings is 10. The normalized spacial score (nSPS) is 13.3. The van der Waals surface area contributed by atoms with Gasteiger partial charge in [0, 0.05) is 43.9 Å². The molecule has 0 saturated carbocycles. The van der Waals surface area contributed by atoms with Crippen molar-refractivity contribution >= 4 is 65.6 Å². The third-order valence-electron chi connectivity index (χ3n) is 16.8. The predicted octanol–water partition coefficient (Wildman–Crippen LogP) is 22.2. The lowest BCUT2D eigenvalue weighted by Gasteiger charge is -2.36. The van der Waals surface area contributed by atoms with Gasteiger partial charge in [-0.1, -0.05) is 241 Å². The molecule has 0 aliphatic heterocycles. The van der Waals surface area contributed by atoms with Crippen molar-refractivity contribution in [3.8, 4) is 22.3 Å². The van der Waals surface area contributed by atoms with Crippen LogP contribution in [0.1, 0.15) is 128 Å². The lowest BCUT2D eigenvalue weighted by atomic mass is 9.67. The molecule has 3 heteroatoms. The molecule has 10 aromatic carbocycles. The highest BCUT2D eigenvalue weighted by molar-refractivity contribution is 7.26. The van der Waals surface area contributed by atoms with Crippen molar-refractivity contribution in [2.24, 2.45) is 0 Å². The van der Waals surface area contributed by atoms with E-state index in [-0.39, 0.29) is 21.7 Å². The Labute approximate surface area is 480 Å². The molecule has 0 fully saturated rings. The molecule has 2 nitrogen and oxygen atoms in total. The molecule has 398 valence electrons. The van der Waals surface area contributed by atoms with Crippen molar-refractivity contribution in [1.82, 2.24) is 0 Å². The fraction of sp³-hybridized carbons (Fsp3) is 0.221. The van der Waals surface area contributed by atoms with E-state index in [9.17, 15) is 0 Å². The van der Waals surface area contributed by atoms with Crippen LogP contribution in [0.2, 0.25) is 0 Å². The zero-order valence-electron chi connectivity index (χ0n) is 48.7. The van der Waals surface area contributed by atoms with Crippen molar-refractivity contribution in [3.05, 3.63) is 275 Å². The van der Waals surface area contributed by atoms with Crippen LogP contribution in [0.15, 0.2) is 231 Å². The molecule has 1 aliphatic carbocycles. The first-order chi connectivity index (χ1) is 38.2. The third-order valence-corrected chi connectivity index (χ3v) is 18.0. The second kappa shape index (κ2) is 19.7. The van der Waals surface area contributed by atoms with Crippen LogP contribution < -0.4 is 9.80 Å². The smallest absolute Gasteiger partial charge is 0.0715 e. The fourth-order valence-electron chi connectivity index (χ4n) is 12.3. The molecule has 0 unspecified atom stereocenters. The first-order valence-corrected chi connectivity index (χ1v) is 29.4. The Morgan fingerprint density at radius 1 is 0.338 bits per heavy atom. The quantitative estimate of drug-likeness (QED) is 0.142. The summed E-state index contributed by atoms with van der Waals surface area (Å²) in [5.74, 6) is 0. The summed E-state index contributed by atoms with van der Waals surface area (Å²) in [5, 5.41) is 2.55. The molecule has 0 atom stereocenters. The number of rotatable bonds is 9. The number of hydrogen-bond acceptors (Lipinski definition) is 3. The minimum Gasteiger partial charge on any atom is -0.310 e. The molecule has 0 saturated heterocycles. The van der Waals surface area contributed by atoms with Crippen molar-refractivity contribution in [2.45, 2.75) is 110 Å². The van der Waals surface area contributed by atoms with Gasteiger partial charge in [0.15, 0.2) is 0 Å². The Morgan fingerprint density at radius 2 is 0.738 bits per heavy atom. The third kappa shape index (κ3) is 9.24. The molecule has 1 heterocycles. The average Bonchev–Trinajstić information content (AvgIpc) is 2.08. The molecule has 0 amide bonds. The number of nitrogens with zero attached hydrogens (tertiary/aromatic N) is 2. The Balaban J connectivity index is 1.21. The van der Waals surface area contributed by atoms with Gasteiger partial charge < -0.3 is 9.80 Å². The highest BCUT2D eigenvalue weighted by Crippen LogP contribution is 2.63. The Hall–Kier alpha value is -7.98. The first kappa shape index (κ1) is 52.7. The predicted molar refractivity (Wildman–Crippen MR) is 346 cm³/mol. The minimum atomic E-state index is -0.736.